The molecule has 0 saturated heterocycles. The molecule has 0 spiro atoms. The molecule has 1 aromatic rings. The van der Waals surface area contributed by atoms with Crippen molar-refractivity contribution < 1.29 is 9.53 Å². The molecule has 1 rings (SSSR count). The summed E-state index contributed by atoms with van der Waals surface area (Å²) in [5, 5.41) is -0.276. The molecule has 2 N–H and O–H groups in total. The highest BCUT2D eigenvalue weighted by Crippen LogP contribution is 2.30. The van der Waals surface area contributed by atoms with E-state index in [9.17, 15) is 4.79 Å². The zero-order valence-electron chi connectivity index (χ0n) is 10.3. The number of hydrogen-bond acceptors (Lipinski definition) is 4. The van der Waals surface area contributed by atoms with E-state index in [1.54, 1.807) is 0 Å². The first-order valence-electron chi connectivity index (χ1n) is 5.74. The monoisotopic (exact) mass is 253 g/mol. The van der Waals surface area contributed by atoms with Gasteiger partial charge in [0.25, 0.3) is 0 Å². The third kappa shape index (κ3) is 4.79. The number of rotatable bonds is 6. The van der Waals surface area contributed by atoms with E-state index < -0.39 is 0 Å². The summed E-state index contributed by atoms with van der Waals surface area (Å²) in [7, 11) is 0. The summed E-state index contributed by atoms with van der Waals surface area (Å²) in [6.45, 7) is 4.15. The number of esters is 1. The molecule has 0 aliphatic rings. The van der Waals surface area contributed by atoms with Crippen LogP contribution in [0, 0.1) is 0 Å². The Labute approximate surface area is 107 Å². The maximum Gasteiger partial charge on any atom is 0.323 e. The number of carbonyl (C=O) groups excluding carboxylic acids is 1. The van der Waals surface area contributed by atoms with Crippen molar-refractivity contribution in [1.82, 2.24) is 0 Å². The maximum atomic E-state index is 11.9. The van der Waals surface area contributed by atoms with Crippen LogP contribution in [0.3, 0.4) is 0 Å². The Kier molecular flexibility index (Phi) is 6.08. The van der Waals surface area contributed by atoms with Gasteiger partial charge in [-0.25, -0.2) is 0 Å². The summed E-state index contributed by atoms with van der Waals surface area (Å²) < 4.78 is 5.09. The molecule has 0 radical (unpaired) electrons. The normalized spacial score (nSPS) is 14.1. The Hall–Kier alpha value is -1.00. The molecule has 1 aromatic carbocycles. The summed E-state index contributed by atoms with van der Waals surface area (Å²) in [6, 6.07) is 9.73. The van der Waals surface area contributed by atoms with Gasteiger partial charge in [0.2, 0.25) is 0 Å². The fraction of sp³-hybridized carbons (Fsp3) is 0.462. The number of benzene rings is 1. The van der Waals surface area contributed by atoms with Gasteiger partial charge in [-0.3, -0.25) is 4.79 Å². The van der Waals surface area contributed by atoms with E-state index >= 15 is 0 Å². The van der Waals surface area contributed by atoms with Gasteiger partial charge in [-0.2, -0.15) is 0 Å². The highest BCUT2D eigenvalue weighted by Gasteiger charge is 2.22. The second-order valence-corrected chi connectivity index (χ2v) is 4.99. The molecule has 0 heterocycles. The van der Waals surface area contributed by atoms with Crippen LogP contribution in [0.4, 0.5) is 0 Å². The van der Waals surface area contributed by atoms with Gasteiger partial charge in [0.15, 0.2) is 0 Å². The molecule has 17 heavy (non-hydrogen) atoms. The minimum atomic E-state index is -0.276. The smallest absolute Gasteiger partial charge is 0.323 e. The average Bonchev–Trinajstić information content (AvgIpc) is 2.30. The molecule has 0 bridgehead atoms. The number of thioether (sulfide) groups is 1. The van der Waals surface area contributed by atoms with Crippen molar-refractivity contribution in [3.05, 3.63) is 35.9 Å². The maximum absolute atomic E-state index is 11.9. The Balaban J connectivity index is 2.75. The van der Waals surface area contributed by atoms with Crippen LogP contribution in [-0.2, 0) is 9.53 Å². The lowest BCUT2D eigenvalue weighted by atomic mass is 10.1. The summed E-state index contributed by atoms with van der Waals surface area (Å²) in [5.74, 6) is 0.544. The van der Waals surface area contributed by atoms with Crippen molar-refractivity contribution in [2.24, 2.45) is 5.73 Å². The second-order valence-electron chi connectivity index (χ2n) is 3.85. The van der Waals surface area contributed by atoms with E-state index in [1.165, 1.54) is 11.8 Å². The lowest BCUT2D eigenvalue weighted by Gasteiger charge is -2.16. The first kappa shape index (κ1) is 14.1. The number of hydrogen-bond donors (Lipinski definition) is 1. The Morgan fingerprint density at radius 1 is 1.41 bits per heavy atom. The molecule has 0 fully saturated rings. The summed E-state index contributed by atoms with van der Waals surface area (Å²) in [6.07, 6.45) is 0. The van der Waals surface area contributed by atoms with Crippen LogP contribution in [-0.4, -0.2) is 24.4 Å². The molecule has 0 aliphatic heterocycles. The van der Waals surface area contributed by atoms with Gasteiger partial charge in [-0.05, 0) is 19.4 Å². The Morgan fingerprint density at radius 2 is 2.06 bits per heavy atom. The van der Waals surface area contributed by atoms with E-state index in [4.69, 9.17) is 10.5 Å². The number of nitrogens with two attached hydrogens (primary N) is 1. The molecule has 0 amide bonds. The predicted octanol–water partition coefficient (Wildman–Crippen LogP) is 2.37. The SMILES string of the molecule is CCOC(=O)C(SCC(C)N)c1ccccc1. The topological polar surface area (TPSA) is 52.3 Å². The fourth-order valence-electron chi connectivity index (χ4n) is 1.39. The zero-order valence-corrected chi connectivity index (χ0v) is 11.1. The van der Waals surface area contributed by atoms with E-state index in [0.29, 0.717) is 6.61 Å². The Bertz CT molecular complexity index is 341. The standard InChI is InChI=1S/C13H19NO2S/c1-3-16-13(15)12(17-9-10(2)14)11-7-5-4-6-8-11/h4-8,10,12H,3,9,14H2,1-2H3. The quantitative estimate of drug-likeness (QED) is 0.791. The van der Waals surface area contributed by atoms with E-state index in [-0.39, 0.29) is 17.3 Å². The van der Waals surface area contributed by atoms with Gasteiger partial charge in [-0.1, -0.05) is 30.3 Å². The van der Waals surface area contributed by atoms with E-state index in [0.717, 1.165) is 11.3 Å². The van der Waals surface area contributed by atoms with Crippen LogP contribution < -0.4 is 5.73 Å². The van der Waals surface area contributed by atoms with Gasteiger partial charge in [0.05, 0.1) is 6.61 Å². The highest BCUT2D eigenvalue weighted by molar-refractivity contribution is 8.00. The van der Waals surface area contributed by atoms with Crippen molar-refractivity contribution in [2.75, 3.05) is 12.4 Å². The molecule has 94 valence electrons. The summed E-state index contributed by atoms with van der Waals surface area (Å²) in [5.41, 5.74) is 6.69. The molecule has 3 nitrogen and oxygen atoms in total. The molecule has 0 saturated carbocycles. The molecule has 2 atom stereocenters. The van der Waals surface area contributed by atoms with Crippen LogP contribution in [0.15, 0.2) is 30.3 Å². The van der Waals surface area contributed by atoms with Crippen molar-refractivity contribution in [1.29, 1.82) is 0 Å². The minimum Gasteiger partial charge on any atom is -0.465 e. The van der Waals surface area contributed by atoms with Crippen LogP contribution in [0.1, 0.15) is 24.7 Å². The third-order valence-electron chi connectivity index (χ3n) is 2.13. The highest BCUT2D eigenvalue weighted by atomic mass is 32.2. The van der Waals surface area contributed by atoms with E-state index in [2.05, 4.69) is 0 Å². The first-order chi connectivity index (χ1) is 8.15. The van der Waals surface area contributed by atoms with Crippen LogP contribution in [0.25, 0.3) is 0 Å². The lowest BCUT2D eigenvalue weighted by Crippen LogP contribution is -2.21. The molecule has 2 unspecified atom stereocenters. The van der Waals surface area contributed by atoms with Crippen molar-refractivity contribution in [2.45, 2.75) is 25.1 Å². The minimum absolute atomic E-state index is 0.0700. The van der Waals surface area contributed by atoms with Gasteiger partial charge < -0.3 is 10.5 Å². The average molecular weight is 253 g/mol. The third-order valence-corrected chi connectivity index (χ3v) is 3.64. The van der Waals surface area contributed by atoms with Crippen LogP contribution in [0.5, 0.6) is 0 Å². The summed E-state index contributed by atoms with van der Waals surface area (Å²) in [4.78, 5) is 11.9. The van der Waals surface area contributed by atoms with Crippen molar-refractivity contribution in [3.8, 4) is 0 Å². The van der Waals surface area contributed by atoms with Gasteiger partial charge in [0, 0.05) is 11.8 Å². The van der Waals surface area contributed by atoms with Crippen molar-refractivity contribution >= 4 is 17.7 Å². The van der Waals surface area contributed by atoms with Crippen LogP contribution in [0.2, 0.25) is 0 Å². The number of ether oxygens (including phenoxy) is 1. The number of carbonyl (C=O) groups is 1. The second kappa shape index (κ2) is 7.35. The molecular weight excluding hydrogens is 234 g/mol. The predicted molar refractivity (Wildman–Crippen MR) is 71.9 cm³/mol. The molecule has 0 aliphatic carbocycles. The molecule has 4 heteroatoms. The summed E-state index contributed by atoms with van der Waals surface area (Å²) >= 11 is 1.53. The van der Waals surface area contributed by atoms with E-state index in [1.807, 2.05) is 44.2 Å². The van der Waals surface area contributed by atoms with Gasteiger partial charge in [-0.15, -0.1) is 11.8 Å². The van der Waals surface area contributed by atoms with Gasteiger partial charge >= 0.3 is 5.97 Å². The largest absolute Gasteiger partial charge is 0.465 e. The first-order valence-corrected chi connectivity index (χ1v) is 6.78. The zero-order chi connectivity index (χ0) is 12.7. The lowest BCUT2D eigenvalue weighted by molar-refractivity contribution is -0.142. The van der Waals surface area contributed by atoms with Gasteiger partial charge in [0.1, 0.15) is 5.25 Å². The fourth-order valence-corrected chi connectivity index (χ4v) is 2.44. The van der Waals surface area contributed by atoms with Crippen LogP contribution >= 0.6 is 11.8 Å². The Morgan fingerprint density at radius 3 is 2.59 bits per heavy atom. The molecular formula is C13H19NO2S. The molecule has 0 aromatic heterocycles. The van der Waals surface area contributed by atoms with Crippen molar-refractivity contribution in [3.63, 3.8) is 0 Å².